The Bertz CT molecular complexity index is 1020. The van der Waals surface area contributed by atoms with E-state index in [0.717, 1.165) is 15.5 Å². The molecule has 7 nitrogen and oxygen atoms in total. The number of carbonyl (C=O) groups is 1. The average Bonchev–Trinajstić information content (AvgIpc) is 3.27. The van der Waals surface area contributed by atoms with E-state index in [4.69, 9.17) is 4.74 Å². The van der Waals surface area contributed by atoms with Crippen molar-refractivity contribution in [1.82, 2.24) is 24.2 Å². The molecule has 0 saturated carbocycles. The van der Waals surface area contributed by atoms with Crippen molar-refractivity contribution in [2.45, 2.75) is 25.8 Å². The third-order valence-corrected chi connectivity index (χ3v) is 4.85. The Morgan fingerprint density at radius 3 is 2.75 bits per heavy atom. The van der Waals surface area contributed by atoms with Crippen molar-refractivity contribution < 1.29 is 22.7 Å². The van der Waals surface area contributed by atoms with Gasteiger partial charge in [0.1, 0.15) is 0 Å². The first-order valence-electron chi connectivity index (χ1n) is 8.75. The predicted octanol–water partition coefficient (Wildman–Crippen LogP) is 2.55. The third kappa shape index (κ3) is 3.13. The first-order chi connectivity index (χ1) is 13.4. The van der Waals surface area contributed by atoms with Crippen molar-refractivity contribution in [3.8, 4) is 0 Å². The smallest absolute Gasteiger partial charge is 0.383 e. The molecule has 10 heteroatoms. The first-order valence-corrected chi connectivity index (χ1v) is 8.75. The van der Waals surface area contributed by atoms with Crippen molar-refractivity contribution in [2.75, 3.05) is 20.3 Å². The van der Waals surface area contributed by atoms with Gasteiger partial charge >= 0.3 is 6.18 Å². The van der Waals surface area contributed by atoms with Crippen LogP contribution in [0.1, 0.15) is 22.0 Å². The van der Waals surface area contributed by atoms with E-state index in [2.05, 4.69) is 10.2 Å². The zero-order valence-electron chi connectivity index (χ0n) is 15.1. The monoisotopic (exact) mass is 393 g/mol. The molecular formula is C18H18F3N5O2. The van der Waals surface area contributed by atoms with Gasteiger partial charge in [0.15, 0.2) is 5.82 Å². The molecule has 0 saturated heterocycles. The second-order valence-corrected chi connectivity index (χ2v) is 6.56. The molecule has 1 aromatic carbocycles. The molecular weight excluding hydrogens is 375 g/mol. The first kappa shape index (κ1) is 18.5. The van der Waals surface area contributed by atoms with Gasteiger partial charge in [-0.2, -0.15) is 13.2 Å². The molecule has 4 rings (SSSR count). The van der Waals surface area contributed by atoms with Gasteiger partial charge in [-0.1, -0.05) is 18.2 Å². The van der Waals surface area contributed by atoms with E-state index in [0.29, 0.717) is 18.7 Å². The molecule has 0 aliphatic carbocycles. The van der Waals surface area contributed by atoms with E-state index in [1.807, 2.05) is 28.8 Å². The zero-order valence-corrected chi connectivity index (χ0v) is 15.1. The second-order valence-electron chi connectivity index (χ2n) is 6.56. The van der Waals surface area contributed by atoms with E-state index < -0.39 is 12.0 Å². The van der Waals surface area contributed by atoms with Gasteiger partial charge in [0, 0.05) is 43.8 Å². The molecule has 0 spiro atoms. The Hall–Kier alpha value is -2.88. The van der Waals surface area contributed by atoms with Gasteiger partial charge in [-0.05, 0) is 6.07 Å². The molecule has 3 aromatic rings. The van der Waals surface area contributed by atoms with Crippen LogP contribution < -0.4 is 0 Å². The number of hydrogen-bond acceptors (Lipinski definition) is 4. The topological polar surface area (TPSA) is 65.2 Å². The molecule has 0 bridgehead atoms. The maximum atomic E-state index is 13.1. The lowest BCUT2D eigenvalue weighted by Gasteiger charge is -2.28. The molecule has 28 heavy (non-hydrogen) atoms. The van der Waals surface area contributed by atoms with Crippen LogP contribution in [0.25, 0.3) is 10.9 Å². The SMILES string of the molecule is COCCn1cc(C(=O)N2CCn3c(nnc3C(F)(F)F)C2)c2ccccc21. The molecule has 0 atom stereocenters. The van der Waals surface area contributed by atoms with E-state index in [9.17, 15) is 18.0 Å². The summed E-state index contributed by atoms with van der Waals surface area (Å²) in [5.74, 6) is -1.13. The number of fused-ring (bicyclic) bond motifs is 2. The molecule has 1 amide bonds. The Morgan fingerprint density at radius 2 is 2.00 bits per heavy atom. The van der Waals surface area contributed by atoms with Crippen LogP contribution in [0.5, 0.6) is 0 Å². The Kier molecular flexibility index (Phi) is 4.58. The normalized spacial score (nSPS) is 14.5. The fraction of sp³-hybridized carbons (Fsp3) is 0.389. The molecule has 0 unspecified atom stereocenters. The lowest BCUT2D eigenvalue weighted by molar-refractivity contribution is -0.147. The fourth-order valence-electron chi connectivity index (χ4n) is 3.50. The molecule has 0 radical (unpaired) electrons. The molecule has 148 valence electrons. The van der Waals surface area contributed by atoms with Gasteiger partial charge in [0.05, 0.1) is 18.7 Å². The number of carbonyl (C=O) groups excluding carboxylic acids is 1. The maximum Gasteiger partial charge on any atom is 0.451 e. The van der Waals surface area contributed by atoms with Crippen molar-refractivity contribution in [3.63, 3.8) is 0 Å². The lowest BCUT2D eigenvalue weighted by atomic mass is 10.1. The minimum atomic E-state index is -4.56. The highest BCUT2D eigenvalue weighted by Gasteiger charge is 2.40. The van der Waals surface area contributed by atoms with E-state index in [1.165, 1.54) is 4.90 Å². The predicted molar refractivity (Wildman–Crippen MR) is 93.6 cm³/mol. The highest BCUT2D eigenvalue weighted by atomic mass is 19.4. The quantitative estimate of drug-likeness (QED) is 0.683. The lowest BCUT2D eigenvalue weighted by Crippen LogP contribution is -2.39. The summed E-state index contributed by atoms with van der Waals surface area (Å²) < 4.78 is 47.1. The largest absolute Gasteiger partial charge is 0.451 e. The van der Waals surface area contributed by atoms with Crippen LogP contribution in [0.3, 0.4) is 0 Å². The number of hydrogen-bond donors (Lipinski definition) is 0. The van der Waals surface area contributed by atoms with Gasteiger partial charge in [-0.3, -0.25) is 4.79 Å². The standard InChI is InChI=1S/C18H18F3N5O2/c1-28-9-8-24-10-13(12-4-2-3-5-14(12)24)16(27)25-6-7-26-15(11-25)22-23-17(26)18(19,20)21/h2-5,10H,6-9,11H2,1H3. The van der Waals surface area contributed by atoms with Crippen molar-refractivity contribution in [1.29, 1.82) is 0 Å². The molecule has 3 heterocycles. The number of benzene rings is 1. The maximum absolute atomic E-state index is 13.1. The van der Waals surface area contributed by atoms with Crippen LogP contribution in [0.15, 0.2) is 30.5 Å². The van der Waals surface area contributed by atoms with Crippen molar-refractivity contribution >= 4 is 16.8 Å². The molecule has 1 aliphatic rings. The average molecular weight is 393 g/mol. The second kappa shape index (κ2) is 6.93. The zero-order chi connectivity index (χ0) is 19.9. The van der Waals surface area contributed by atoms with Crippen molar-refractivity contribution in [2.24, 2.45) is 0 Å². The van der Waals surface area contributed by atoms with E-state index in [1.54, 1.807) is 13.3 Å². The van der Waals surface area contributed by atoms with Crippen LogP contribution >= 0.6 is 0 Å². The Balaban J connectivity index is 1.63. The van der Waals surface area contributed by atoms with Crippen LogP contribution in [-0.4, -0.2) is 50.4 Å². The summed E-state index contributed by atoms with van der Waals surface area (Å²) in [6.07, 6.45) is -2.79. The summed E-state index contributed by atoms with van der Waals surface area (Å²) in [7, 11) is 1.61. The number of para-hydroxylation sites is 1. The number of aromatic nitrogens is 4. The van der Waals surface area contributed by atoms with Gasteiger partial charge in [-0.15, -0.1) is 10.2 Å². The summed E-state index contributed by atoms with van der Waals surface area (Å²) >= 11 is 0. The molecule has 0 N–H and O–H groups in total. The summed E-state index contributed by atoms with van der Waals surface area (Å²) in [5, 5.41) is 7.69. The number of methoxy groups -OCH3 is 1. The van der Waals surface area contributed by atoms with Gasteiger partial charge in [-0.25, -0.2) is 0 Å². The van der Waals surface area contributed by atoms with Gasteiger partial charge < -0.3 is 18.8 Å². The summed E-state index contributed by atoms with van der Waals surface area (Å²) in [6, 6.07) is 7.52. The number of halogens is 3. The summed E-state index contributed by atoms with van der Waals surface area (Å²) in [5.41, 5.74) is 1.41. The number of ether oxygens (including phenoxy) is 1. The van der Waals surface area contributed by atoms with E-state index >= 15 is 0 Å². The molecule has 0 fully saturated rings. The van der Waals surface area contributed by atoms with Crippen LogP contribution in [-0.2, 0) is 30.5 Å². The van der Waals surface area contributed by atoms with Crippen LogP contribution in [0.4, 0.5) is 13.2 Å². The van der Waals surface area contributed by atoms with Crippen LogP contribution in [0, 0.1) is 0 Å². The summed E-state index contributed by atoms with van der Waals surface area (Å²) in [6.45, 7) is 1.24. The molecule has 1 aliphatic heterocycles. The van der Waals surface area contributed by atoms with Gasteiger partial charge in [0.2, 0.25) is 5.82 Å². The Labute approximate surface area is 158 Å². The minimum Gasteiger partial charge on any atom is -0.383 e. The van der Waals surface area contributed by atoms with Gasteiger partial charge in [0.25, 0.3) is 5.91 Å². The van der Waals surface area contributed by atoms with E-state index in [-0.39, 0.29) is 31.4 Å². The highest BCUT2D eigenvalue weighted by Crippen LogP contribution is 2.30. The van der Waals surface area contributed by atoms with Crippen LogP contribution in [0.2, 0.25) is 0 Å². The third-order valence-electron chi connectivity index (χ3n) is 4.85. The summed E-state index contributed by atoms with van der Waals surface area (Å²) in [4.78, 5) is 14.6. The minimum absolute atomic E-state index is 0.00519. The number of amides is 1. The fourth-order valence-corrected chi connectivity index (χ4v) is 3.50. The molecule has 2 aromatic heterocycles. The highest BCUT2D eigenvalue weighted by molar-refractivity contribution is 6.07. The number of alkyl halides is 3. The van der Waals surface area contributed by atoms with Crippen molar-refractivity contribution in [3.05, 3.63) is 47.7 Å². The Morgan fingerprint density at radius 1 is 1.21 bits per heavy atom. The number of rotatable bonds is 4. The number of nitrogens with zero attached hydrogens (tertiary/aromatic N) is 5.